The number of hydrogen-bond acceptors (Lipinski definition) is 3. The Labute approximate surface area is 117 Å². The summed E-state index contributed by atoms with van der Waals surface area (Å²) in [5, 5.41) is 3.50. The van der Waals surface area contributed by atoms with Gasteiger partial charge in [-0.2, -0.15) is 0 Å². The molecule has 106 valence electrons. The molecule has 0 saturated carbocycles. The summed E-state index contributed by atoms with van der Waals surface area (Å²) in [4.78, 5) is 7.11. The van der Waals surface area contributed by atoms with Crippen LogP contribution in [0.25, 0.3) is 0 Å². The van der Waals surface area contributed by atoms with Crippen LogP contribution in [0.15, 0.2) is 18.3 Å². The SMILES string of the molecule is CC1CCCN(c2ncccc2CNC(C)C)CC1. The van der Waals surface area contributed by atoms with Crippen LogP contribution in [0, 0.1) is 5.92 Å². The van der Waals surface area contributed by atoms with Gasteiger partial charge in [0.15, 0.2) is 0 Å². The van der Waals surface area contributed by atoms with E-state index >= 15 is 0 Å². The van der Waals surface area contributed by atoms with Crippen LogP contribution in [0.4, 0.5) is 5.82 Å². The van der Waals surface area contributed by atoms with Crippen LogP contribution in [-0.2, 0) is 6.54 Å². The molecule has 2 heterocycles. The fourth-order valence-electron chi connectivity index (χ4n) is 2.64. The van der Waals surface area contributed by atoms with E-state index in [1.807, 2.05) is 12.3 Å². The monoisotopic (exact) mass is 261 g/mol. The molecule has 1 aromatic heterocycles. The Hall–Kier alpha value is -1.09. The predicted molar refractivity (Wildman–Crippen MR) is 81.4 cm³/mol. The molecule has 1 fully saturated rings. The van der Waals surface area contributed by atoms with Gasteiger partial charge in [0.2, 0.25) is 0 Å². The van der Waals surface area contributed by atoms with E-state index in [1.165, 1.54) is 30.6 Å². The molecular weight excluding hydrogens is 234 g/mol. The first-order valence-electron chi connectivity index (χ1n) is 7.59. The molecule has 1 unspecified atom stereocenters. The van der Waals surface area contributed by atoms with Crippen LogP contribution in [-0.4, -0.2) is 24.1 Å². The van der Waals surface area contributed by atoms with Crippen molar-refractivity contribution in [2.45, 2.75) is 52.6 Å². The van der Waals surface area contributed by atoms with E-state index < -0.39 is 0 Å². The predicted octanol–water partition coefficient (Wildman–Crippen LogP) is 3.21. The van der Waals surface area contributed by atoms with Gasteiger partial charge in [0.25, 0.3) is 0 Å². The zero-order valence-electron chi connectivity index (χ0n) is 12.5. The highest BCUT2D eigenvalue weighted by Crippen LogP contribution is 2.23. The van der Waals surface area contributed by atoms with Crippen LogP contribution >= 0.6 is 0 Å². The standard InChI is InChI=1S/C16H27N3/c1-13(2)18-12-15-7-4-9-17-16(15)19-10-5-6-14(3)8-11-19/h4,7,9,13-14,18H,5-6,8,10-12H2,1-3H3. The van der Waals surface area contributed by atoms with Crippen molar-refractivity contribution in [1.29, 1.82) is 0 Å². The first-order valence-corrected chi connectivity index (χ1v) is 7.59. The molecule has 0 amide bonds. The van der Waals surface area contributed by atoms with Crippen LogP contribution < -0.4 is 10.2 Å². The van der Waals surface area contributed by atoms with Crippen molar-refractivity contribution in [3.8, 4) is 0 Å². The van der Waals surface area contributed by atoms with Crippen molar-refractivity contribution >= 4 is 5.82 Å². The van der Waals surface area contributed by atoms with Crippen molar-refractivity contribution in [2.24, 2.45) is 5.92 Å². The number of nitrogens with one attached hydrogen (secondary N) is 1. The van der Waals surface area contributed by atoms with E-state index in [2.05, 4.69) is 42.0 Å². The minimum absolute atomic E-state index is 0.511. The fraction of sp³-hybridized carbons (Fsp3) is 0.688. The van der Waals surface area contributed by atoms with Crippen LogP contribution in [0.5, 0.6) is 0 Å². The van der Waals surface area contributed by atoms with Gasteiger partial charge in [-0.1, -0.05) is 26.8 Å². The van der Waals surface area contributed by atoms with E-state index in [4.69, 9.17) is 0 Å². The third-order valence-corrected chi connectivity index (χ3v) is 3.88. The largest absolute Gasteiger partial charge is 0.356 e. The van der Waals surface area contributed by atoms with Gasteiger partial charge in [0.05, 0.1) is 0 Å². The van der Waals surface area contributed by atoms with Gasteiger partial charge >= 0.3 is 0 Å². The third kappa shape index (κ3) is 4.20. The Morgan fingerprint density at radius 1 is 1.37 bits per heavy atom. The summed E-state index contributed by atoms with van der Waals surface area (Å²) in [6.45, 7) is 9.94. The van der Waals surface area contributed by atoms with Gasteiger partial charge in [-0.3, -0.25) is 0 Å². The summed E-state index contributed by atoms with van der Waals surface area (Å²) in [7, 11) is 0. The Kier molecular flexibility index (Phi) is 5.20. The van der Waals surface area contributed by atoms with Gasteiger partial charge in [-0.05, 0) is 31.2 Å². The molecule has 0 aromatic carbocycles. The van der Waals surface area contributed by atoms with Gasteiger partial charge in [-0.15, -0.1) is 0 Å². The van der Waals surface area contributed by atoms with E-state index in [1.54, 1.807) is 0 Å². The highest BCUT2D eigenvalue weighted by molar-refractivity contribution is 5.46. The molecule has 0 spiro atoms. The quantitative estimate of drug-likeness (QED) is 0.902. The lowest BCUT2D eigenvalue weighted by atomic mass is 10.0. The maximum atomic E-state index is 4.63. The number of hydrogen-bond donors (Lipinski definition) is 1. The zero-order valence-corrected chi connectivity index (χ0v) is 12.5. The molecule has 1 N–H and O–H groups in total. The van der Waals surface area contributed by atoms with Crippen molar-refractivity contribution in [1.82, 2.24) is 10.3 Å². The summed E-state index contributed by atoms with van der Waals surface area (Å²) >= 11 is 0. The molecule has 0 bridgehead atoms. The van der Waals surface area contributed by atoms with Crippen molar-refractivity contribution in [3.63, 3.8) is 0 Å². The first kappa shape index (κ1) is 14.3. The topological polar surface area (TPSA) is 28.2 Å². The lowest BCUT2D eigenvalue weighted by Gasteiger charge is -2.24. The average Bonchev–Trinajstić information content (AvgIpc) is 2.61. The Morgan fingerprint density at radius 2 is 2.21 bits per heavy atom. The van der Waals surface area contributed by atoms with E-state index in [-0.39, 0.29) is 0 Å². The molecule has 1 aliphatic rings. The molecule has 0 aliphatic carbocycles. The lowest BCUT2D eigenvalue weighted by Crippen LogP contribution is -2.28. The van der Waals surface area contributed by atoms with Gasteiger partial charge in [0, 0.05) is 37.4 Å². The number of nitrogens with zero attached hydrogens (tertiary/aromatic N) is 2. The Morgan fingerprint density at radius 3 is 3.00 bits per heavy atom. The van der Waals surface area contributed by atoms with Gasteiger partial charge < -0.3 is 10.2 Å². The highest BCUT2D eigenvalue weighted by Gasteiger charge is 2.17. The maximum Gasteiger partial charge on any atom is 0.133 e. The number of rotatable bonds is 4. The minimum atomic E-state index is 0.511. The molecule has 19 heavy (non-hydrogen) atoms. The number of aromatic nitrogens is 1. The minimum Gasteiger partial charge on any atom is -0.356 e. The molecule has 1 aliphatic heterocycles. The van der Waals surface area contributed by atoms with Crippen molar-refractivity contribution in [3.05, 3.63) is 23.9 Å². The highest BCUT2D eigenvalue weighted by atomic mass is 15.2. The maximum absolute atomic E-state index is 4.63. The second-order valence-corrected chi connectivity index (χ2v) is 6.04. The molecule has 3 nitrogen and oxygen atoms in total. The zero-order chi connectivity index (χ0) is 13.7. The third-order valence-electron chi connectivity index (χ3n) is 3.88. The summed E-state index contributed by atoms with van der Waals surface area (Å²) in [6.07, 6.45) is 5.84. The fourth-order valence-corrected chi connectivity index (χ4v) is 2.64. The number of anilines is 1. The summed E-state index contributed by atoms with van der Waals surface area (Å²) in [5.41, 5.74) is 1.32. The van der Waals surface area contributed by atoms with E-state index in [0.29, 0.717) is 6.04 Å². The molecule has 3 heteroatoms. The summed E-state index contributed by atoms with van der Waals surface area (Å²) in [6, 6.07) is 4.75. The van der Waals surface area contributed by atoms with Crippen LogP contribution in [0.1, 0.15) is 45.6 Å². The molecule has 1 atom stereocenters. The Bertz CT molecular complexity index is 389. The van der Waals surface area contributed by atoms with Crippen LogP contribution in [0.2, 0.25) is 0 Å². The summed E-state index contributed by atoms with van der Waals surface area (Å²) < 4.78 is 0. The first-order chi connectivity index (χ1) is 9.16. The molecule has 2 rings (SSSR count). The van der Waals surface area contributed by atoms with Gasteiger partial charge in [0.1, 0.15) is 5.82 Å². The summed E-state index contributed by atoms with van der Waals surface area (Å²) in [5.74, 6) is 2.04. The van der Waals surface area contributed by atoms with E-state index in [9.17, 15) is 0 Å². The van der Waals surface area contributed by atoms with E-state index in [0.717, 1.165) is 25.6 Å². The lowest BCUT2D eigenvalue weighted by molar-refractivity contribution is 0.521. The smallest absolute Gasteiger partial charge is 0.133 e. The average molecular weight is 261 g/mol. The molecular formula is C16H27N3. The normalized spacial score (nSPS) is 20.6. The van der Waals surface area contributed by atoms with Crippen LogP contribution in [0.3, 0.4) is 0 Å². The van der Waals surface area contributed by atoms with Crippen molar-refractivity contribution < 1.29 is 0 Å². The molecule has 0 radical (unpaired) electrons. The second-order valence-electron chi connectivity index (χ2n) is 6.04. The van der Waals surface area contributed by atoms with Gasteiger partial charge in [-0.25, -0.2) is 4.98 Å². The van der Waals surface area contributed by atoms with Crippen molar-refractivity contribution in [2.75, 3.05) is 18.0 Å². The Balaban J connectivity index is 2.09. The number of pyridine rings is 1. The molecule has 1 aromatic rings. The molecule has 1 saturated heterocycles. The second kappa shape index (κ2) is 6.90.